The lowest BCUT2D eigenvalue weighted by atomic mass is 9.84. The third-order valence-corrected chi connectivity index (χ3v) is 3.77. The fourth-order valence-corrected chi connectivity index (χ4v) is 2.72. The maximum atomic E-state index is 11.8. The molecule has 0 heterocycles. The molecular formula is C15H28N2O4. The van der Waals surface area contributed by atoms with Crippen molar-refractivity contribution in [2.75, 3.05) is 13.7 Å². The number of hydrogen-bond donors (Lipinski definition) is 3. The second-order valence-corrected chi connectivity index (χ2v) is 7.02. The van der Waals surface area contributed by atoms with Gasteiger partial charge < -0.3 is 20.5 Å². The molecule has 3 unspecified atom stereocenters. The minimum Gasteiger partial charge on any atom is -0.481 e. The van der Waals surface area contributed by atoms with Gasteiger partial charge in [0.2, 0.25) is 0 Å². The number of amides is 2. The number of carboxylic acids is 1. The van der Waals surface area contributed by atoms with Crippen LogP contribution in [0.25, 0.3) is 0 Å². The van der Waals surface area contributed by atoms with Crippen molar-refractivity contribution in [3.05, 3.63) is 0 Å². The van der Waals surface area contributed by atoms with Crippen molar-refractivity contribution in [3.63, 3.8) is 0 Å². The van der Waals surface area contributed by atoms with E-state index in [4.69, 9.17) is 4.74 Å². The number of ether oxygens (including phenoxy) is 1. The van der Waals surface area contributed by atoms with Gasteiger partial charge in [-0.05, 0) is 31.1 Å². The molecule has 0 aromatic rings. The average Bonchev–Trinajstić information content (AvgIpc) is 2.80. The van der Waals surface area contributed by atoms with Crippen LogP contribution in [-0.2, 0) is 9.53 Å². The van der Waals surface area contributed by atoms with Crippen molar-refractivity contribution in [2.24, 2.45) is 11.3 Å². The van der Waals surface area contributed by atoms with Gasteiger partial charge in [0.15, 0.2) is 0 Å². The van der Waals surface area contributed by atoms with Crippen LogP contribution in [0, 0.1) is 11.3 Å². The molecule has 1 aliphatic rings. The van der Waals surface area contributed by atoms with E-state index in [9.17, 15) is 14.7 Å². The number of hydrogen-bond acceptors (Lipinski definition) is 3. The molecular weight excluding hydrogens is 272 g/mol. The minimum absolute atomic E-state index is 0.0850. The fraction of sp³-hybridized carbons (Fsp3) is 0.867. The fourth-order valence-electron chi connectivity index (χ4n) is 2.72. The van der Waals surface area contributed by atoms with Gasteiger partial charge in [-0.25, -0.2) is 4.79 Å². The van der Waals surface area contributed by atoms with Crippen LogP contribution in [0.1, 0.15) is 46.5 Å². The van der Waals surface area contributed by atoms with E-state index >= 15 is 0 Å². The van der Waals surface area contributed by atoms with Crippen molar-refractivity contribution in [1.29, 1.82) is 0 Å². The predicted molar refractivity (Wildman–Crippen MR) is 80.2 cm³/mol. The molecule has 3 atom stereocenters. The van der Waals surface area contributed by atoms with E-state index in [0.717, 1.165) is 19.3 Å². The number of urea groups is 1. The van der Waals surface area contributed by atoms with Crippen LogP contribution in [0.2, 0.25) is 0 Å². The van der Waals surface area contributed by atoms with E-state index in [1.54, 1.807) is 7.11 Å². The summed E-state index contributed by atoms with van der Waals surface area (Å²) in [6.07, 6.45) is 3.40. The molecule has 6 nitrogen and oxygen atoms in total. The highest BCUT2D eigenvalue weighted by atomic mass is 16.5. The van der Waals surface area contributed by atoms with Gasteiger partial charge in [-0.2, -0.15) is 0 Å². The van der Waals surface area contributed by atoms with Gasteiger partial charge in [0.1, 0.15) is 0 Å². The molecule has 0 aromatic carbocycles. The lowest BCUT2D eigenvalue weighted by molar-refractivity contribution is -0.142. The molecule has 1 fully saturated rings. The number of carboxylic acid groups (broad SMARTS) is 1. The minimum atomic E-state index is -0.870. The van der Waals surface area contributed by atoms with Gasteiger partial charge >= 0.3 is 12.0 Å². The summed E-state index contributed by atoms with van der Waals surface area (Å²) >= 11 is 0. The zero-order valence-electron chi connectivity index (χ0n) is 13.4. The average molecular weight is 300 g/mol. The van der Waals surface area contributed by atoms with Gasteiger partial charge in [-0.15, -0.1) is 0 Å². The van der Waals surface area contributed by atoms with E-state index in [2.05, 4.69) is 10.6 Å². The first-order chi connectivity index (χ1) is 9.71. The summed E-state index contributed by atoms with van der Waals surface area (Å²) in [6.45, 7) is 6.13. The van der Waals surface area contributed by atoms with Gasteiger partial charge in [-0.1, -0.05) is 20.8 Å². The highest BCUT2D eigenvalue weighted by Crippen LogP contribution is 2.24. The Balaban J connectivity index is 2.35. The number of carbonyl (C=O) groups excluding carboxylic acids is 1. The van der Waals surface area contributed by atoms with Crippen molar-refractivity contribution < 1.29 is 19.4 Å². The van der Waals surface area contributed by atoms with Crippen LogP contribution in [-0.4, -0.2) is 42.9 Å². The molecule has 122 valence electrons. The molecule has 0 spiro atoms. The molecule has 21 heavy (non-hydrogen) atoms. The van der Waals surface area contributed by atoms with Crippen LogP contribution in [0.5, 0.6) is 0 Å². The third-order valence-electron chi connectivity index (χ3n) is 3.77. The van der Waals surface area contributed by atoms with Crippen LogP contribution < -0.4 is 10.6 Å². The van der Waals surface area contributed by atoms with E-state index in [1.165, 1.54) is 0 Å². The van der Waals surface area contributed by atoms with Crippen LogP contribution in [0.15, 0.2) is 0 Å². The first-order valence-electron chi connectivity index (χ1n) is 7.51. The summed E-state index contributed by atoms with van der Waals surface area (Å²) in [5.41, 5.74) is -0.0850. The molecule has 2 amide bonds. The molecule has 0 aromatic heterocycles. The molecule has 1 rings (SSSR count). The third kappa shape index (κ3) is 6.80. The summed E-state index contributed by atoms with van der Waals surface area (Å²) in [5.74, 6) is -1.43. The van der Waals surface area contributed by atoms with Gasteiger partial charge in [0.05, 0.1) is 12.0 Å². The monoisotopic (exact) mass is 300 g/mol. The van der Waals surface area contributed by atoms with E-state index < -0.39 is 11.9 Å². The Labute approximate surface area is 126 Å². The SMILES string of the molecule is COC1CCC(NC(=O)NCC(CC(C)(C)C)C(=O)O)C1. The van der Waals surface area contributed by atoms with Gasteiger partial charge in [0.25, 0.3) is 0 Å². The number of rotatable bonds is 6. The van der Waals surface area contributed by atoms with E-state index in [-0.39, 0.29) is 30.1 Å². The zero-order valence-corrected chi connectivity index (χ0v) is 13.4. The maximum absolute atomic E-state index is 11.8. The summed E-state index contributed by atoms with van der Waals surface area (Å²) in [5, 5.41) is 14.8. The van der Waals surface area contributed by atoms with Crippen LogP contribution >= 0.6 is 0 Å². The first kappa shape index (κ1) is 17.8. The molecule has 6 heteroatoms. The Morgan fingerprint density at radius 3 is 2.48 bits per heavy atom. The molecule has 0 aliphatic heterocycles. The largest absolute Gasteiger partial charge is 0.481 e. The Morgan fingerprint density at radius 2 is 2.00 bits per heavy atom. The van der Waals surface area contributed by atoms with Crippen LogP contribution in [0.4, 0.5) is 4.79 Å². The first-order valence-corrected chi connectivity index (χ1v) is 7.51. The smallest absolute Gasteiger partial charge is 0.315 e. The summed E-state index contributed by atoms with van der Waals surface area (Å²) < 4.78 is 5.26. The standard InChI is InChI=1S/C15H28N2O4/c1-15(2,3)8-10(13(18)19)9-16-14(20)17-11-5-6-12(7-11)21-4/h10-12H,5-9H2,1-4H3,(H,18,19)(H2,16,17,20). The van der Waals surface area contributed by atoms with Gasteiger partial charge in [-0.3, -0.25) is 4.79 Å². The molecule has 0 saturated heterocycles. The highest BCUT2D eigenvalue weighted by molar-refractivity contribution is 5.76. The quantitative estimate of drug-likeness (QED) is 0.700. The Bertz CT molecular complexity index is 365. The van der Waals surface area contributed by atoms with Gasteiger partial charge in [0, 0.05) is 19.7 Å². The lowest BCUT2D eigenvalue weighted by Gasteiger charge is -2.23. The molecule has 0 bridgehead atoms. The second kappa shape index (κ2) is 7.64. The number of methoxy groups -OCH3 is 1. The van der Waals surface area contributed by atoms with E-state index in [0.29, 0.717) is 6.42 Å². The molecule has 0 radical (unpaired) electrons. The number of carbonyl (C=O) groups is 2. The second-order valence-electron chi connectivity index (χ2n) is 7.02. The lowest BCUT2D eigenvalue weighted by Crippen LogP contribution is -2.44. The number of aliphatic carboxylic acids is 1. The van der Waals surface area contributed by atoms with Crippen molar-refractivity contribution in [1.82, 2.24) is 10.6 Å². The Kier molecular flexibility index (Phi) is 6.45. The normalized spacial score (nSPS) is 23.6. The van der Waals surface area contributed by atoms with E-state index in [1.807, 2.05) is 20.8 Å². The Hall–Kier alpha value is -1.30. The van der Waals surface area contributed by atoms with Crippen molar-refractivity contribution >= 4 is 12.0 Å². The zero-order chi connectivity index (χ0) is 16.0. The molecule has 1 aliphatic carbocycles. The molecule has 1 saturated carbocycles. The summed E-state index contributed by atoms with van der Waals surface area (Å²) in [4.78, 5) is 23.1. The topological polar surface area (TPSA) is 87.7 Å². The number of nitrogens with one attached hydrogen (secondary N) is 2. The maximum Gasteiger partial charge on any atom is 0.315 e. The van der Waals surface area contributed by atoms with Crippen LogP contribution in [0.3, 0.4) is 0 Å². The van der Waals surface area contributed by atoms with Crippen molar-refractivity contribution in [2.45, 2.75) is 58.6 Å². The van der Waals surface area contributed by atoms with Crippen molar-refractivity contribution in [3.8, 4) is 0 Å². The predicted octanol–water partition coefficient (Wildman–Crippen LogP) is 1.99. The molecule has 3 N–H and O–H groups in total. The summed E-state index contributed by atoms with van der Waals surface area (Å²) in [7, 11) is 1.68. The summed E-state index contributed by atoms with van der Waals surface area (Å²) in [6, 6.07) is -0.183. The highest BCUT2D eigenvalue weighted by Gasteiger charge is 2.27. The Morgan fingerprint density at radius 1 is 1.33 bits per heavy atom.